The third-order valence-electron chi connectivity index (χ3n) is 3.21. The molecule has 0 saturated carbocycles. The molecule has 4 nitrogen and oxygen atoms in total. The van der Waals surface area contributed by atoms with E-state index in [4.69, 9.17) is 0 Å². The summed E-state index contributed by atoms with van der Waals surface area (Å²) in [4.78, 5) is 2.06. The van der Waals surface area contributed by atoms with E-state index in [9.17, 15) is 8.42 Å². The first-order chi connectivity index (χ1) is 9.21. The maximum absolute atomic E-state index is 11.9. The van der Waals surface area contributed by atoms with Crippen LogP contribution in [-0.4, -0.2) is 46.8 Å². The zero-order valence-corrected chi connectivity index (χ0v) is 13.9. The summed E-state index contributed by atoms with van der Waals surface area (Å²) < 4.78 is 25.4. The number of nitrogens with zero attached hydrogens (tertiary/aromatic N) is 2. The predicted molar refractivity (Wildman–Crippen MR) is 85.9 cm³/mol. The van der Waals surface area contributed by atoms with E-state index in [-0.39, 0.29) is 0 Å². The van der Waals surface area contributed by atoms with Crippen LogP contribution in [0, 0.1) is 0 Å². The lowest BCUT2D eigenvalue weighted by atomic mass is 10.0. The van der Waals surface area contributed by atoms with Gasteiger partial charge in [-0.15, -0.1) is 0 Å². The molecule has 0 aliphatic heterocycles. The summed E-state index contributed by atoms with van der Waals surface area (Å²) in [6, 6.07) is 7.80. The molecule has 0 heterocycles. The van der Waals surface area contributed by atoms with E-state index in [1.54, 1.807) is 0 Å². The highest BCUT2D eigenvalue weighted by Gasteiger charge is 2.17. The Hall–Kier alpha value is -1.07. The summed E-state index contributed by atoms with van der Waals surface area (Å²) in [5, 5.41) is 0. The first-order valence-corrected chi connectivity index (χ1v) is 8.79. The van der Waals surface area contributed by atoms with E-state index in [0.717, 1.165) is 18.7 Å². The van der Waals surface area contributed by atoms with Gasteiger partial charge in [-0.2, -0.15) is 0 Å². The molecule has 0 radical (unpaired) electrons. The highest BCUT2D eigenvalue weighted by atomic mass is 32.2. The monoisotopic (exact) mass is 298 g/mol. The van der Waals surface area contributed by atoms with E-state index in [1.165, 1.54) is 16.1 Å². The minimum absolute atomic E-state index is 0.449. The van der Waals surface area contributed by atoms with Gasteiger partial charge in [0.2, 0.25) is 10.0 Å². The second-order valence-corrected chi connectivity index (χ2v) is 7.65. The fraction of sp³-hybridized carbons (Fsp3) is 0.600. The number of rotatable bonds is 7. The van der Waals surface area contributed by atoms with Crippen LogP contribution in [0.2, 0.25) is 0 Å². The van der Waals surface area contributed by atoms with Gasteiger partial charge in [0, 0.05) is 6.54 Å². The molecule has 0 unspecified atom stereocenters. The molecule has 114 valence electrons. The van der Waals surface area contributed by atoms with E-state index in [1.807, 2.05) is 38.4 Å². The van der Waals surface area contributed by atoms with Crippen molar-refractivity contribution in [3.63, 3.8) is 0 Å². The Morgan fingerprint density at radius 1 is 1.05 bits per heavy atom. The van der Waals surface area contributed by atoms with Gasteiger partial charge in [-0.05, 0) is 50.7 Å². The molecule has 1 aromatic rings. The zero-order valence-electron chi connectivity index (χ0n) is 13.1. The second-order valence-electron chi connectivity index (χ2n) is 5.74. The Morgan fingerprint density at radius 2 is 1.60 bits per heavy atom. The van der Waals surface area contributed by atoms with E-state index in [0.29, 0.717) is 12.5 Å². The van der Waals surface area contributed by atoms with Gasteiger partial charge >= 0.3 is 0 Å². The first-order valence-electron chi connectivity index (χ1n) is 6.94. The third kappa shape index (κ3) is 5.13. The molecular formula is C15H26N2O2S. The number of hydrogen-bond acceptors (Lipinski definition) is 3. The molecule has 0 spiro atoms. The Kier molecular flexibility index (Phi) is 6.02. The van der Waals surface area contributed by atoms with Crippen molar-refractivity contribution in [2.45, 2.75) is 26.2 Å². The van der Waals surface area contributed by atoms with Gasteiger partial charge in [-0.25, -0.2) is 8.42 Å². The third-order valence-corrected chi connectivity index (χ3v) is 4.41. The molecule has 0 bridgehead atoms. The lowest BCUT2D eigenvalue weighted by Crippen LogP contribution is -2.32. The van der Waals surface area contributed by atoms with Crippen molar-refractivity contribution in [1.82, 2.24) is 4.90 Å². The van der Waals surface area contributed by atoms with Gasteiger partial charge in [0.05, 0.1) is 11.9 Å². The van der Waals surface area contributed by atoms with Crippen LogP contribution in [0.1, 0.15) is 31.7 Å². The molecule has 0 fully saturated rings. The van der Waals surface area contributed by atoms with Gasteiger partial charge in [0.15, 0.2) is 0 Å². The Bertz CT molecular complexity index is 507. The summed E-state index contributed by atoms with van der Waals surface area (Å²) in [7, 11) is 0.742. The van der Waals surface area contributed by atoms with Crippen LogP contribution in [0.15, 0.2) is 24.3 Å². The van der Waals surface area contributed by atoms with E-state index < -0.39 is 10.0 Å². The quantitative estimate of drug-likeness (QED) is 0.776. The predicted octanol–water partition coefficient (Wildman–Crippen LogP) is 2.53. The number of hydrogen-bond donors (Lipinski definition) is 0. The fourth-order valence-electron chi connectivity index (χ4n) is 2.04. The van der Waals surface area contributed by atoms with Crippen LogP contribution < -0.4 is 4.31 Å². The molecule has 0 saturated heterocycles. The summed E-state index contributed by atoms with van der Waals surface area (Å²) in [6.07, 6.45) is 2.07. The number of benzene rings is 1. The van der Waals surface area contributed by atoms with Crippen LogP contribution >= 0.6 is 0 Å². The van der Waals surface area contributed by atoms with Gasteiger partial charge in [0.25, 0.3) is 0 Å². The maximum Gasteiger partial charge on any atom is 0.232 e. The van der Waals surface area contributed by atoms with Crippen LogP contribution in [0.25, 0.3) is 0 Å². The molecule has 0 aliphatic rings. The van der Waals surface area contributed by atoms with Crippen LogP contribution in [0.3, 0.4) is 0 Å². The van der Waals surface area contributed by atoms with Crippen molar-refractivity contribution in [2.24, 2.45) is 0 Å². The van der Waals surface area contributed by atoms with Crippen molar-refractivity contribution >= 4 is 15.7 Å². The Labute approximate surface area is 123 Å². The first kappa shape index (κ1) is 17.0. The molecule has 1 aromatic carbocycles. The molecule has 1 rings (SSSR count). The van der Waals surface area contributed by atoms with Gasteiger partial charge in [0.1, 0.15) is 0 Å². The Balaban J connectivity index is 2.88. The number of sulfonamides is 1. The largest absolute Gasteiger partial charge is 0.309 e. The molecule has 0 aromatic heterocycles. The zero-order chi connectivity index (χ0) is 15.3. The highest BCUT2D eigenvalue weighted by Crippen LogP contribution is 2.22. The van der Waals surface area contributed by atoms with Gasteiger partial charge < -0.3 is 4.90 Å². The molecule has 5 heteroatoms. The van der Waals surface area contributed by atoms with E-state index in [2.05, 4.69) is 18.7 Å². The van der Waals surface area contributed by atoms with Crippen molar-refractivity contribution in [1.29, 1.82) is 0 Å². The smallest absolute Gasteiger partial charge is 0.232 e. The summed E-state index contributed by atoms with van der Waals surface area (Å²) in [5.74, 6) is 0.449. The standard InChI is InChI=1S/C15H26N2O2S/c1-13(2)14-7-9-15(10-8-14)17(20(5,18)19)12-6-11-16(3)4/h7-10,13H,6,11-12H2,1-5H3. The molecular weight excluding hydrogens is 272 g/mol. The van der Waals surface area contributed by atoms with Gasteiger partial charge in [-0.1, -0.05) is 26.0 Å². The highest BCUT2D eigenvalue weighted by molar-refractivity contribution is 7.92. The van der Waals surface area contributed by atoms with Crippen molar-refractivity contribution in [2.75, 3.05) is 37.7 Å². The number of anilines is 1. The summed E-state index contributed by atoms with van der Waals surface area (Å²) in [6.45, 7) is 5.63. The van der Waals surface area contributed by atoms with Crippen LogP contribution in [-0.2, 0) is 10.0 Å². The minimum Gasteiger partial charge on any atom is -0.309 e. The second kappa shape index (κ2) is 7.09. The minimum atomic E-state index is -3.23. The lowest BCUT2D eigenvalue weighted by Gasteiger charge is -2.23. The molecule has 0 N–H and O–H groups in total. The van der Waals surface area contributed by atoms with Crippen molar-refractivity contribution in [3.05, 3.63) is 29.8 Å². The van der Waals surface area contributed by atoms with Crippen LogP contribution in [0.5, 0.6) is 0 Å². The fourth-order valence-corrected chi connectivity index (χ4v) is 3.01. The lowest BCUT2D eigenvalue weighted by molar-refractivity contribution is 0.403. The topological polar surface area (TPSA) is 40.6 Å². The van der Waals surface area contributed by atoms with Crippen molar-refractivity contribution in [3.8, 4) is 0 Å². The molecule has 20 heavy (non-hydrogen) atoms. The molecule has 0 amide bonds. The van der Waals surface area contributed by atoms with Gasteiger partial charge in [-0.3, -0.25) is 4.31 Å². The average molecular weight is 298 g/mol. The molecule has 0 aliphatic carbocycles. The normalized spacial score (nSPS) is 12.2. The Morgan fingerprint density at radius 3 is 2.00 bits per heavy atom. The van der Waals surface area contributed by atoms with Crippen molar-refractivity contribution < 1.29 is 8.42 Å². The van der Waals surface area contributed by atoms with E-state index >= 15 is 0 Å². The SMILES string of the molecule is CC(C)c1ccc(N(CCCN(C)C)S(C)(=O)=O)cc1. The summed E-state index contributed by atoms with van der Waals surface area (Å²) in [5.41, 5.74) is 1.96. The molecule has 0 atom stereocenters. The average Bonchev–Trinajstić information content (AvgIpc) is 2.33. The summed E-state index contributed by atoms with van der Waals surface area (Å²) >= 11 is 0. The van der Waals surface area contributed by atoms with Crippen LogP contribution in [0.4, 0.5) is 5.69 Å². The maximum atomic E-state index is 11.9.